The summed E-state index contributed by atoms with van der Waals surface area (Å²) in [4.78, 5) is 0. The predicted molar refractivity (Wildman–Crippen MR) is 60.7 cm³/mol. The molecular weight excluding hydrogens is 216 g/mol. The zero-order chi connectivity index (χ0) is 11.9. The van der Waals surface area contributed by atoms with Crippen LogP contribution in [0.5, 0.6) is 0 Å². The fraction of sp³-hybridized carbons (Fsp3) is 1.00. The van der Waals surface area contributed by atoms with Crippen LogP contribution in [0.1, 0.15) is 33.6 Å². The Balaban J connectivity index is 3.88. The van der Waals surface area contributed by atoms with Crippen molar-refractivity contribution in [1.29, 1.82) is 0 Å². The first kappa shape index (κ1) is 14.9. The van der Waals surface area contributed by atoms with E-state index in [9.17, 15) is 13.5 Å². The summed E-state index contributed by atoms with van der Waals surface area (Å²) in [5, 5.41) is 9.43. The monoisotopic (exact) mass is 238 g/mol. The lowest BCUT2D eigenvalue weighted by molar-refractivity contribution is 0.0146. The summed E-state index contributed by atoms with van der Waals surface area (Å²) in [6.45, 7) is 5.72. The molecule has 0 amide bonds. The largest absolute Gasteiger partial charge is 0.390 e. The van der Waals surface area contributed by atoms with Gasteiger partial charge in [0.1, 0.15) is 0 Å². The third kappa shape index (κ3) is 8.84. The van der Waals surface area contributed by atoms with Gasteiger partial charge in [-0.1, -0.05) is 13.3 Å². The van der Waals surface area contributed by atoms with Crippen LogP contribution >= 0.6 is 0 Å². The molecule has 0 rings (SSSR count). The van der Waals surface area contributed by atoms with Crippen molar-refractivity contribution in [2.24, 2.45) is 0 Å². The number of sulfone groups is 1. The SMILES string of the molecule is CCCCS(=O)(=O)C[C@@H](O)COC(C)C. The molecule has 0 aromatic carbocycles. The van der Waals surface area contributed by atoms with Crippen molar-refractivity contribution < 1.29 is 18.3 Å². The Morgan fingerprint density at radius 3 is 2.40 bits per heavy atom. The number of unbranched alkanes of at least 4 members (excludes halogenated alkanes) is 1. The summed E-state index contributed by atoms with van der Waals surface area (Å²) >= 11 is 0. The highest BCUT2D eigenvalue weighted by Gasteiger charge is 2.17. The van der Waals surface area contributed by atoms with Gasteiger partial charge in [-0.15, -0.1) is 0 Å². The molecule has 92 valence electrons. The van der Waals surface area contributed by atoms with E-state index in [4.69, 9.17) is 4.74 Å². The number of aliphatic hydroxyl groups excluding tert-OH is 1. The molecule has 0 fully saturated rings. The molecule has 0 heterocycles. The smallest absolute Gasteiger partial charge is 0.152 e. The second-order valence-corrected chi connectivity index (χ2v) is 6.23. The average molecular weight is 238 g/mol. The average Bonchev–Trinajstić information content (AvgIpc) is 2.11. The van der Waals surface area contributed by atoms with Crippen LogP contribution in [0, 0.1) is 0 Å². The molecule has 0 saturated heterocycles. The second-order valence-electron chi connectivity index (χ2n) is 4.00. The summed E-state index contributed by atoms with van der Waals surface area (Å²) < 4.78 is 28.0. The molecule has 0 unspecified atom stereocenters. The first-order valence-corrected chi connectivity index (χ1v) is 7.19. The Morgan fingerprint density at radius 2 is 1.93 bits per heavy atom. The van der Waals surface area contributed by atoms with Crippen molar-refractivity contribution >= 4 is 9.84 Å². The van der Waals surface area contributed by atoms with E-state index < -0.39 is 15.9 Å². The molecule has 1 N–H and O–H groups in total. The maximum atomic E-state index is 11.4. The fourth-order valence-corrected chi connectivity index (χ4v) is 2.67. The maximum absolute atomic E-state index is 11.4. The lowest BCUT2D eigenvalue weighted by Gasteiger charge is -2.13. The van der Waals surface area contributed by atoms with Crippen LogP contribution in [-0.4, -0.2) is 43.8 Å². The minimum absolute atomic E-state index is 0.0120. The van der Waals surface area contributed by atoms with E-state index in [-0.39, 0.29) is 24.2 Å². The Bertz CT molecular complexity index is 246. The lowest BCUT2D eigenvalue weighted by atomic mass is 10.4. The van der Waals surface area contributed by atoms with Crippen molar-refractivity contribution in [1.82, 2.24) is 0 Å². The predicted octanol–water partition coefficient (Wildman–Crippen LogP) is 0.987. The van der Waals surface area contributed by atoms with Crippen molar-refractivity contribution in [3.05, 3.63) is 0 Å². The third-order valence-electron chi connectivity index (χ3n) is 1.88. The van der Waals surface area contributed by atoms with Crippen LogP contribution < -0.4 is 0 Å². The first-order valence-electron chi connectivity index (χ1n) is 5.37. The van der Waals surface area contributed by atoms with Gasteiger partial charge in [-0.2, -0.15) is 0 Å². The molecule has 4 nitrogen and oxygen atoms in total. The summed E-state index contributed by atoms with van der Waals surface area (Å²) in [6, 6.07) is 0. The van der Waals surface area contributed by atoms with Gasteiger partial charge in [0.2, 0.25) is 0 Å². The molecule has 0 spiro atoms. The van der Waals surface area contributed by atoms with E-state index in [1.807, 2.05) is 20.8 Å². The zero-order valence-electron chi connectivity index (χ0n) is 9.77. The Labute approximate surface area is 92.6 Å². The quantitative estimate of drug-likeness (QED) is 0.685. The molecule has 1 atom stereocenters. The highest BCUT2D eigenvalue weighted by Crippen LogP contribution is 2.01. The third-order valence-corrected chi connectivity index (χ3v) is 3.68. The minimum atomic E-state index is -3.12. The summed E-state index contributed by atoms with van der Waals surface area (Å²) in [6.07, 6.45) is 0.602. The van der Waals surface area contributed by atoms with Gasteiger partial charge in [0.15, 0.2) is 9.84 Å². The summed E-state index contributed by atoms with van der Waals surface area (Å²) in [5.41, 5.74) is 0. The van der Waals surface area contributed by atoms with E-state index in [1.54, 1.807) is 0 Å². The van der Waals surface area contributed by atoms with Crippen LogP contribution in [0.2, 0.25) is 0 Å². The second kappa shape index (κ2) is 7.19. The van der Waals surface area contributed by atoms with E-state index in [0.29, 0.717) is 6.42 Å². The number of aliphatic hydroxyl groups is 1. The van der Waals surface area contributed by atoms with Crippen LogP contribution in [0.3, 0.4) is 0 Å². The number of hydrogen-bond donors (Lipinski definition) is 1. The van der Waals surface area contributed by atoms with Gasteiger partial charge < -0.3 is 9.84 Å². The van der Waals surface area contributed by atoms with E-state index >= 15 is 0 Å². The maximum Gasteiger partial charge on any atom is 0.152 e. The molecular formula is C10H22O4S. The highest BCUT2D eigenvalue weighted by molar-refractivity contribution is 7.91. The molecule has 0 aromatic heterocycles. The van der Waals surface area contributed by atoms with E-state index in [0.717, 1.165) is 6.42 Å². The Hall–Kier alpha value is -0.130. The molecule has 0 aliphatic heterocycles. The van der Waals surface area contributed by atoms with E-state index in [1.165, 1.54) is 0 Å². The molecule has 0 bridgehead atoms. The standard InChI is InChI=1S/C10H22O4S/c1-4-5-6-15(12,13)8-10(11)7-14-9(2)3/h9-11H,4-8H2,1-3H3/t10-/m0/s1. The van der Waals surface area contributed by atoms with Gasteiger partial charge in [-0.3, -0.25) is 0 Å². The summed E-state index contributed by atoms with van der Waals surface area (Å²) in [7, 11) is -3.12. The molecule has 0 aliphatic rings. The van der Waals surface area contributed by atoms with Gasteiger partial charge in [0.25, 0.3) is 0 Å². The van der Waals surface area contributed by atoms with Gasteiger partial charge in [-0.05, 0) is 20.3 Å². The van der Waals surface area contributed by atoms with Crippen LogP contribution in [-0.2, 0) is 14.6 Å². The lowest BCUT2D eigenvalue weighted by Crippen LogP contribution is -2.28. The molecule has 0 saturated carbocycles. The Kier molecular flexibility index (Phi) is 7.13. The summed E-state index contributed by atoms with van der Waals surface area (Å²) in [5.74, 6) is -0.0397. The van der Waals surface area contributed by atoms with Crippen LogP contribution in [0.25, 0.3) is 0 Å². The van der Waals surface area contributed by atoms with E-state index in [2.05, 4.69) is 0 Å². The molecule has 0 radical (unpaired) electrons. The Morgan fingerprint density at radius 1 is 1.33 bits per heavy atom. The number of rotatable bonds is 8. The van der Waals surface area contributed by atoms with Crippen molar-refractivity contribution in [2.45, 2.75) is 45.8 Å². The van der Waals surface area contributed by atoms with Gasteiger partial charge >= 0.3 is 0 Å². The van der Waals surface area contributed by atoms with Crippen molar-refractivity contribution in [3.8, 4) is 0 Å². The van der Waals surface area contributed by atoms with Crippen molar-refractivity contribution in [3.63, 3.8) is 0 Å². The van der Waals surface area contributed by atoms with Gasteiger partial charge in [-0.25, -0.2) is 8.42 Å². The topological polar surface area (TPSA) is 63.6 Å². The molecule has 0 aromatic rings. The molecule has 5 heteroatoms. The normalized spacial score (nSPS) is 14.5. The van der Waals surface area contributed by atoms with Gasteiger partial charge in [0, 0.05) is 0 Å². The fourth-order valence-electron chi connectivity index (χ4n) is 1.09. The first-order chi connectivity index (χ1) is 6.87. The number of hydrogen-bond acceptors (Lipinski definition) is 4. The minimum Gasteiger partial charge on any atom is -0.390 e. The van der Waals surface area contributed by atoms with Crippen LogP contribution in [0.15, 0.2) is 0 Å². The van der Waals surface area contributed by atoms with Crippen LogP contribution in [0.4, 0.5) is 0 Å². The molecule has 0 aliphatic carbocycles. The number of ether oxygens (including phenoxy) is 1. The molecule has 15 heavy (non-hydrogen) atoms. The zero-order valence-corrected chi connectivity index (χ0v) is 10.6. The van der Waals surface area contributed by atoms with Crippen molar-refractivity contribution in [2.75, 3.05) is 18.1 Å². The highest BCUT2D eigenvalue weighted by atomic mass is 32.2. The van der Waals surface area contributed by atoms with Gasteiger partial charge in [0.05, 0.1) is 30.3 Å².